The fraction of sp³-hybridized carbons (Fsp3) is 0.714. The molecule has 2 heterocycles. The molecule has 2 fully saturated rings. The molecule has 2 aliphatic heterocycles. The molecule has 0 saturated carbocycles. The largest absolute Gasteiger partial charge is 0.494 e. The summed E-state index contributed by atoms with van der Waals surface area (Å²) < 4.78 is 29.2. The van der Waals surface area contributed by atoms with Crippen molar-refractivity contribution in [1.82, 2.24) is 0 Å². The summed E-state index contributed by atoms with van der Waals surface area (Å²) in [6.45, 7) is 7.61. The van der Waals surface area contributed by atoms with Crippen LogP contribution in [-0.4, -0.2) is 39.3 Å². The molecule has 0 bridgehead atoms. The molecule has 1 aromatic carbocycles. The van der Waals surface area contributed by atoms with Gasteiger partial charge in [-0.3, -0.25) is 0 Å². The summed E-state index contributed by atoms with van der Waals surface area (Å²) in [6.07, 6.45) is 4.46. The van der Waals surface area contributed by atoms with E-state index >= 15 is 0 Å². The smallest absolute Gasteiger partial charge is 0.183 e. The first-order valence-corrected chi connectivity index (χ1v) is 9.99. The molecule has 26 heavy (non-hydrogen) atoms. The van der Waals surface area contributed by atoms with Crippen molar-refractivity contribution in [1.29, 1.82) is 0 Å². The van der Waals surface area contributed by atoms with Gasteiger partial charge < -0.3 is 23.7 Å². The van der Waals surface area contributed by atoms with Gasteiger partial charge in [0.25, 0.3) is 0 Å². The standard InChI is InChI=1S/C21H32O5/c1-3-5-6-7-16-12-23-21(24-13-16)18-14-25-20(26-15-18)17-8-10-19(11-9-17)22-4-2/h8-11,16,18,20-21H,3-7,12-15H2,1-2H3/t16-,18-,20-,21-. The highest BCUT2D eigenvalue weighted by Gasteiger charge is 2.34. The summed E-state index contributed by atoms with van der Waals surface area (Å²) in [5.41, 5.74) is 1.01. The number of rotatable bonds is 8. The van der Waals surface area contributed by atoms with Crippen molar-refractivity contribution in [3.8, 4) is 5.75 Å². The molecule has 2 aliphatic rings. The summed E-state index contributed by atoms with van der Waals surface area (Å²) >= 11 is 0. The summed E-state index contributed by atoms with van der Waals surface area (Å²) in [5.74, 6) is 1.52. The van der Waals surface area contributed by atoms with Crippen molar-refractivity contribution in [3.05, 3.63) is 29.8 Å². The van der Waals surface area contributed by atoms with E-state index < -0.39 is 0 Å². The topological polar surface area (TPSA) is 46.2 Å². The van der Waals surface area contributed by atoms with Crippen LogP contribution in [0.5, 0.6) is 5.75 Å². The highest BCUT2D eigenvalue weighted by atomic mass is 16.7. The molecule has 0 atom stereocenters. The maximum absolute atomic E-state index is 5.95. The lowest BCUT2D eigenvalue weighted by atomic mass is 10.0. The van der Waals surface area contributed by atoms with Crippen LogP contribution in [0.25, 0.3) is 0 Å². The van der Waals surface area contributed by atoms with Crippen molar-refractivity contribution < 1.29 is 23.7 Å². The summed E-state index contributed by atoms with van der Waals surface area (Å²) in [5, 5.41) is 0. The Labute approximate surface area is 156 Å². The van der Waals surface area contributed by atoms with Gasteiger partial charge >= 0.3 is 0 Å². The molecule has 5 nitrogen and oxygen atoms in total. The fourth-order valence-electron chi connectivity index (χ4n) is 3.44. The molecule has 3 rings (SSSR count). The first kappa shape index (κ1) is 19.6. The summed E-state index contributed by atoms with van der Waals surface area (Å²) in [4.78, 5) is 0. The molecule has 0 aromatic heterocycles. The van der Waals surface area contributed by atoms with Gasteiger partial charge in [0.2, 0.25) is 0 Å². The Hall–Kier alpha value is -1.14. The third kappa shape index (κ3) is 5.43. The van der Waals surface area contributed by atoms with E-state index in [2.05, 4.69) is 6.92 Å². The lowest BCUT2D eigenvalue weighted by Gasteiger charge is -2.37. The Morgan fingerprint density at radius 1 is 0.885 bits per heavy atom. The Morgan fingerprint density at radius 2 is 1.58 bits per heavy atom. The highest BCUT2D eigenvalue weighted by molar-refractivity contribution is 5.28. The molecule has 1 aromatic rings. The van der Waals surface area contributed by atoms with Crippen molar-refractivity contribution in [2.45, 2.75) is 52.1 Å². The Balaban J connectivity index is 1.40. The quantitative estimate of drug-likeness (QED) is 0.643. The molecule has 0 aliphatic carbocycles. The predicted molar refractivity (Wildman–Crippen MR) is 99.1 cm³/mol. The highest BCUT2D eigenvalue weighted by Crippen LogP contribution is 2.30. The van der Waals surface area contributed by atoms with Crippen LogP contribution < -0.4 is 4.74 Å². The van der Waals surface area contributed by atoms with Gasteiger partial charge in [-0.25, -0.2) is 0 Å². The second kappa shape index (κ2) is 10.3. The van der Waals surface area contributed by atoms with Gasteiger partial charge in [0.15, 0.2) is 12.6 Å². The van der Waals surface area contributed by atoms with Crippen LogP contribution in [-0.2, 0) is 18.9 Å². The SMILES string of the molecule is CCCCC[C@H]1CO[C@H]([C@H]2CO[C@H](c3ccc(OCC)cc3)OC2)OC1. The molecule has 0 radical (unpaired) electrons. The number of benzene rings is 1. The molecule has 5 heteroatoms. The number of unbranched alkanes of at least 4 members (excludes halogenated alkanes) is 2. The molecular weight excluding hydrogens is 332 g/mol. The van der Waals surface area contributed by atoms with Gasteiger partial charge in [0, 0.05) is 11.5 Å². The number of hydrogen-bond donors (Lipinski definition) is 0. The Bertz CT molecular complexity index is 502. The Morgan fingerprint density at radius 3 is 2.19 bits per heavy atom. The van der Waals surface area contributed by atoms with Gasteiger partial charge in [-0.1, -0.05) is 38.3 Å². The van der Waals surface area contributed by atoms with Crippen molar-refractivity contribution in [2.24, 2.45) is 11.8 Å². The predicted octanol–water partition coefficient (Wildman–Crippen LogP) is 4.32. The zero-order chi connectivity index (χ0) is 18.2. The van der Waals surface area contributed by atoms with Gasteiger partial charge in [-0.05, 0) is 25.5 Å². The first-order valence-electron chi connectivity index (χ1n) is 9.99. The Kier molecular flexibility index (Phi) is 7.74. The van der Waals surface area contributed by atoms with Crippen LogP contribution in [0.3, 0.4) is 0 Å². The number of ether oxygens (including phenoxy) is 5. The third-order valence-corrected chi connectivity index (χ3v) is 4.98. The average Bonchev–Trinajstić information content (AvgIpc) is 2.70. The van der Waals surface area contributed by atoms with E-state index in [4.69, 9.17) is 23.7 Å². The lowest BCUT2D eigenvalue weighted by molar-refractivity contribution is -0.283. The fourth-order valence-corrected chi connectivity index (χ4v) is 3.44. The zero-order valence-corrected chi connectivity index (χ0v) is 16.0. The molecule has 0 spiro atoms. The van der Waals surface area contributed by atoms with E-state index in [9.17, 15) is 0 Å². The molecule has 146 valence electrons. The van der Waals surface area contributed by atoms with Gasteiger partial charge in [0.05, 0.1) is 39.0 Å². The minimum atomic E-state index is -0.327. The van der Waals surface area contributed by atoms with Gasteiger partial charge in [0.1, 0.15) is 5.75 Å². The normalized spacial score (nSPS) is 29.5. The van der Waals surface area contributed by atoms with E-state index in [1.165, 1.54) is 25.7 Å². The summed E-state index contributed by atoms with van der Waals surface area (Å²) in [7, 11) is 0. The van der Waals surface area contributed by atoms with E-state index in [0.29, 0.717) is 25.7 Å². The zero-order valence-electron chi connectivity index (χ0n) is 16.0. The molecular formula is C21H32O5. The third-order valence-electron chi connectivity index (χ3n) is 4.98. The van der Waals surface area contributed by atoms with Crippen LogP contribution in [0.15, 0.2) is 24.3 Å². The van der Waals surface area contributed by atoms with Gasteiger partial charge in [-0.2, -0.15) is 0 Å². The number of hydrogen-bond acceptors (Lipinski definition) is 5. The molecule has 2 saturated heterocycles. The first-order chi connectivity index (χ1) is 12.8. The summed E-state index contributed by atoms with van der Waals surface area (Å²) in [6, 6.07) is 7.88. The monoisotopic (exact) mass is 364 g/mol. The van der Waals surface area contributed by atoms with E-state index in [1.54, 1.807) is 0 Å². The minimum absolute atomic E-state index is 0.130. The van der Waals surface area contributed by atoms with Crippen LogP contribution in [0.2, 0.25) is 0 Å². The van der Waals surface area contributed by atoms with Crippen molar-refractivity contribution in [2.75, 3.05) is 33.0 Å². The molecule has 0 amide bonds. The maximum atomic E-state index is 5.95. The second-order valence-electron chi connectivity index (χ2n) is 7.16. The van der Waals surface area contributed by atoms with Crippen LogP contribution in [0, 0.1) is 11.8 Å². The van der Waals surface area contributed by atoms with E-state index in [0.717, 1.165) is 24.5 Å². The van der Waals surface area contributed by atoms with E-state index in [1.807, 2.05) is 31.2 Å². The lowest BCUT2D eigenvalue weighted by Crippen LogP contribution is -2.43. The minimum Gasteiger partial charge on any atom is -0.494 e. The second-order valence-corrected chi connectivity index (χ2v) is 7.16. The van der Waals surface area contributed by atoms with Crippen LogP contribution in [0.4, 0.5) is 0 Å². The molecule has 0 unspecified atom stereocenters. The average molecular weight is 364 g/mol. The molecule has 0 N–H and O–H groups in total. The van der Waals surface area contributed by atoms with Gasteiger partial charge in [-0.15, -0.1) is 0 Å². The van der Waals surface area contributed by atoms with E-state index in [-0.39, 0.29) is 18.5 Å². The maximum Gasteiger partial charge on any atom is 0.183 e. The van der Waals surface area contributed by atoms with Crippen molar-refractivity contribution in [3.63, 3.8) is 0 Å². The van der Waals surface area contributed by atoms with Crippen LogP contribution in [0.1, 0.15) is 51.4 Å². The van der Waals surface area contributed by atoms with Crippen LogP contribution >= 0.6 is 0 Å². The van der Waals surface area contributed by atoms with Crippen molar-refractivity contribution >= 4 is 0 Å².